The molecule has 0 saturated heterocycles. The quantitative estimate of drug-likeness (QED) is 0.00162. The summed E-state index contributed by atoms with van der Waals surface area (Å²) in [7, 11) is 6.13. The Bertz CT molecular complexity index is 5680. The van der Waals surface area contributed by atoms with E-state index in [0.29, 0.717) is 103 Å². The number of imidazole rings is 1. The van der Waals surface area contributed by atoms with Crippen molar-refractivity contribution in [2.24, 2.45) is 11.1 Å². The number of benzene rings is 8. The smallest absolute Gasteiger partial charge is 1.00 e. The molecule has 1 heterocycles. The van der Waals surface area contributed by atoms with E-state index in [1.54, 1.807) is 85.9 Å². The molecule has 0 bridgehead atoms. The summed E-state index contributed by atoms with van der Waals surface area (Å²) in [4.78, 5) is 131. The van der Waals surface area contributed by atoms with Crippen LogP contribution in [0.4, 0.5) is 0 Å². The first-order chi connectivity index (χ1) is 67.9. The van der Waals surface area contributed by atoms with Crippen LogP contribution in [-0.4, -0.2) is 192 Å². The third-order valence-corrected chi connectivity index (χ3v) is 25.4. The number of nitrogens with zero attached hydrogens (tertiary/aromatic N) is 1. The number of unbranched alkanes of at least 4 members (excludes halogenated alkanes) is 1. The van der Waals surface area contributed by atoms with Crippen LogP contribution in [0.25, 0.3) is 17.0 Å². The fourth-order valence-corrected chi connectivity index (χ4v) is 16.8. The molecule has 1 aromatic heterocycles. The van der Waals surface area contributed by atoms with E-state index in [2.05, 4.69) is 130 Å². The van der Waals surface area contributed by atoms with Crippen molar-refractivity contribution in [1.29, 1.82) is 5.41 Å². The summed E-state index contributed by atoms with van der Waals surface area (Å²) in [6, 6.07) is 46.1. The number of carbonyl (C=O) groups is 10. The Labute approximate surface area is 1030 Å². The molecule has 0 saturated carbocycles. The summed E-state index contributed by atoms with van der Waals surface area (Å²) < 4.78 is 36.5. The van der Waals surface area contributed by atoms with Crippen LogP contribution in [0.5, 0.6) is 23.0 Å². The molecule has 0 aliphatic heterocycles. The molecule has 0 spiro atoms. The summed E-state index contributed by atoms with van der Waals surface area (Å²) in [6.45, 7) is 42.2. The van der Waals surface area contributed by atoms with E-state index in [-0.39, 0.29) is 261 Å². The Kier molecular flexibility index (Phi) is 77.4. The number of Topliss-reactive ketones (excluding diaryl/α,β-unsaturated/α-hetero) is 1. The molecular formula is C110H151Br2Cl5K2N12O18Sn. The van der Waals surface area contributed by atoms with Crippen LogP contribution in [-0.2, 0) is 69.4 Å². The summed E-state index contributed by atoms with van der Waals surface area (Å²) in [5, 5.41) is 38.4. The van der Waals surface area contributed by atoms with Gasteiger partial charge in [-0.15, -0.1) is 12.4 Å². The molecule has 4 atom stereocenters. The van der Waals surface area contributed by atoms with Crippen molar-refractivity contribution in [2.75, 3.05) is 46.7 Å². The molecule has 30 nitrogen and oxygen atoms in total. The number of hydrogen-bond acceptors (Lipinski definition) is 20. The van der Waals surface area contributed by atoms with Gasteiger partial charge >= 0.3 is 177 Å². The molecule has 12 N–H and O–H groups in total. The minimum Gasteiger partial charge on any atom is -1.00 e. The third kappa shape index (κ3) is 56.4. The Balaban J connectivity index is -0.000000581. The Morgan fingerprint density at radius 2 is 0.760 bits per heavy atom. The van der Waals surface area contributed by atoms with Gasteiger partial charge in [-0.3, -0.25) is 53.4 Å². The molecule has 4 unspecified atom stereocenters. The monoisotopic (exact) mass is 2460 g/mol. The Hall–Kier alpha value is -7.94. The molecular weight excluding hydrogens is 2310 g/mol. The number of rotatable bonds is 41. The number of amides is 8. The van der Waals surface area contributed by atoms with E-state index in [0.717, 1.165) is 59.8 Å². The van der Waals surface area contributed by atoms with Gasteiger partial charge in [0.25, 0.3) is 30.1 Å². The number of carbonyl (C=O) groups excluding carboxylic acids is 10. The Morgan fingerprint density at radius 3 is 0.993 bits per heavy atom. The van der Waals surface area contributed by atoms with Crippen molar-refractivity contribution >= 4 is 183 Å². The van der Waals surface area contributed by atoms with Crippen LogP contribution in [0.3, 0.4) is 0 Å². The largest absolute Gasteiger partial charge is 1.00 e. The van der Waals surface area contributed by atoms with Crippen molar-refractivity contribution in [3.63, 3.8) is 0 Å². The average Bonchev–Trinajstić information content (AvgIpc) is 1.70. The predicted molar refractivity (Wildman–Crippen MR) is 607 cm³/mol. The number of likely N-dealkylation sites (N-methyl/N-ethyl adjacent to an activating group) is 4. The van der Waals surface area contributed by atoms with Crippen LogP contribution < -0.4 is 175 Å². The first-order valence-corrected chi connectivity index (χ1v) is 53.4. The van der Waals surface area contributed by atoms with Crippen molar-refractivity contribution in [1.82, 2.24) is 52.5 Å². The molecule has 0 fully saturated rings. The second kappa shape index (κ2) is 78.2. The number of amidine groups is 1. The van der Waals surface area contributed by atoms with E-state index in [4.69, 9.17) is 96.0 Å². The predicted octanol–water partition coefficient (Wildman–Crippen LogP) is 15.2. The third-order valence-electron chi connectivity index (χ3n) is 19.9. The SMILES string of the molecule is C.C.C.C=C(OCC)c1ccc(CC(NC(=O)c2ccc(OC(C)C)c(Cl)c2)C(=O)NC)cc1.C=[C](OCC)[Sn][CH2]CCC.CC(C)(C)C(=N)N.CNC(=O)C(Cc1ccc(-c2cnc(C(C)(C)C)[nH]2)cc1)NC(=O)c1ccc(OC(C)C)c(Cl)c1.CNC(=O)C(Cc1ccc(Br)cc1)NC(=O)c1ccc(OC(C)C)c(Cl)c1.CNC(=O)C(Cc1ccc(C(=O)CBr)cc1)NC(=O)c1ccc(OC(C)C)c(Cl)c1.Cl.O=CO[O-].[H-].[K+].[K+]. The van der Waals surface area contributed by atoms with Gasteiger partial charge in [0.05, 0.1) is 74.2 Å². The van der Waals surface area contributed by atoms with Gasteiger partial charge in [-0.1, -0.05) is 234 Å². The maximum atomic E-state index is 12.9. The van der Waals surface area contributed by atoms with E-state index in [9.17, 15) is 43.2 Å². The number of aromatic amines is 1. The van der Waals surface area contributed by atoms with Crippen LogP contribution in [0, 0.1) is 10.8 Å². The molecule has 0 aliphatic rings. The molecule has 9 aromatic rings. The van der Waals surface area contributed by atoms with Gasteiger partial charge < -0.3 is 88.5 Å². The first-order valence-electron chi connectivity index (χ1n) is 46.5. The Morgan fingerprint density at radius 1 is 0.487 bits per heavy atom. The van der Waals surface area contributed by atoms with Crippen molar-refractivity contribution < 1.29 is 191 Å². The number of alkyl halides is 1. The number of H-pyrrole nitrogens is 1. The van der Waals surface area contributed by atoms with E-state index >= 15 is 0 Å². The molecule has 9 rings (SSSR count). The second-order valence-electron chi connectivity index (χ2n) is 35.1. The average molecular weight is 2460 g/mol. The maximum absolute atomic E-state index is 12.9. The number of nitrogens with one attached hydrogen (secondary N) is 10. The van der Waals surface area contributed by atoms with Gasteiger partial charge in [-0.25, -0.2) is 4.98 Å². The minimum absolute atomic E-state index is 0. The van der Waals surface area contributed by atoms with Gasteiger partial charge in [-0.2, -0.15) is 0 Å². The molecule has 8 amide bonds. The molecule has 8 aromatic carbocycles. The van der Waals surface area contributed by atoms with Crippen LogP contribution in [0.2, 0.25) is 24.5 Å². The zero-order chi connectivity index (χ0) is 108. The fourth-order valence-electron chi connectivity index (χ4n) is 12.3. The summed E-state index contributed by atoms with van der Waals surface area (Å²) >= 11 is 31.1. The minimum atomic E-state index is -0.786. The normalized spacial score (nSPS) is 11.0. The van der Waals surface area contributed by atoms with Gasteiger partial charge in [0.1, 0.15) is 58.7 Å². The van der Waals surface area contributed by atoms with Crippen molar-refractivity contribution in [3.8, 4) is 34.3 Å². The van der Waals surface area contributed by atoms with Crippen molar-refractivity contribution in [3.05, 3.63) is 279 Å². The summed E-state index contributed by atoms with van der Waals surface area (Å²) in [5.41, 5.74) is 13.3. The standard InChI is InChI=1S/C27H33ClN4O3.C24H29ClN2O4.C22H24BrClN2O4.C20H22BrClN2O3.C5H12N2.C4H7O.C4H9.CH2O3.3CH4.ClH.2K.Sn.H/c1-16(2)35-23-12-11-19(14-20(23)28)24(33)31-21(25(34)29-6)13-17-7-9-18(10-8-17)22-15-30-26(32-22)27(3,4)5;1-6-30-16(4)18-9-7-17(8-10-18)13-21(24(29)26-5)27-23(28)19-11-12-22(20(25)14-19)31-15(2)3;1-13(2)30-20-9-8-16(11-17(20)24)21(28)26-18(22(29)25-3)10-14-4-6-15(7-5-14)19(27)12-23;1-12(2)27-18-9-6-14(11-16(18)22)19(25)24-17(20(26)23-3)10-13-4-7-15(21)8-5-13;1-5(2,3)4(6)7;1-3-5-4-2;1-3-4-2;2-1-4-3;;;;;;;;/h7-12,14-16,21H,13H2,1-6H3,(H,29,34)(H,30,32)(H,31,33);7-12,14-15,21H,4,6,13H2,1-3,5H3,(H,26,29)(H,27,28);4-9,11,13,18H,10,12H2,1-3H3,(H,25,29)(H,26,28);4-9,11-12,17H,10H2,1-3H3,(H,23,26)(H,24,25);1-3H3,(H3,6,7);1,4H2,2H3;1,3-4H2,2H3;1,3H;3*1H4;1H;;;;/q;;;;;;;;;;;;2*+1;;-1/p-1. The summed E-state index contributed by atoms with van der Waals surface area (Å²) in [6.07, 6.45) is 5.67. The first kappa shape index (κ1) is 148. The number of aromatic nitrogens is 2. The number of ketones is 1. The fraction of sp³-hybridized carbons (Fsp3) is 0.400. The number of halogens is 7. The zero-order valence-corrected chi connectivity index (χ0v) is 104. The molecule has 40 heteroatoms. The molecule has 814 valence electrons. The molecule has 2 radical (unpaired) electrons. The van der Waals surface area contributed by atoms with Crippen LogP contribution in [0.1, 0.15) is 240 Å². The van der Waals surface area contributed by atoms with Gasteiger partial charge in [0.2, 0.25) is 23.6 Å². The number of hydrogen-bond donors (Lipinski definition) is 11. The van der Waals surface area contributed by atoms with E-state index in [1.807, 2.05) is 169 Å². The van der Waals surface area contributed by atoms with Crippen LogP contribution >= 0.6 is 90.7 Å². The second-order valence-corrected chi connectivity index (χ2v) is 42.3. The van der Waals surface area contributed by atoms with E-state index < -0.39 is 36.0 Å². The molecule has 150 heavy (non-hydrogen) atoms. The number of nitrogens with two attached hydrogens (primary N) is 1. The van der Waals surface area contributed by atoms with E-state index in [1.165, 1.54) is 56.6 Å². The summed E-state index contributed by atoms with van der Waals surface area (Å²) in [5.74, 6) is 0.995. The zero-order valence-electron chi connectivity index (χ0n) is 89.0. The van der Waals surface area contributed by atoms with Crippen molar-refractivity contribution in [2.45, 2.75) is 237 Å². The van der Waals surface area contributed by atoms with Gasteiger partial charge in [0.15, 0.2) is 5.78 Å². The molecule has 0 aliphatic carbocycles. The maximum Gasteiger partial charge on any atom is 1.00 e. The number of ether oxygens (including phenoxy) is 6. The van der Waals surface area contributed by atoms with Gasteiger partial charge in [-0.05, 0) is 175 Å². The van der Waals surface area contributed by atoms with Gasteiger partial charge in [0, 0.05) is 103 Å². The van der Waals surface area contributed by atoms with Crippen LogP contribution in [0.15, 0.2) is 197 Å². The topological polar surface area (TPSA) is 433 Å².